The summed E-state index contributed by atoms with van der Waals surface area (Å²) in [6.07, 6.45) is 68.2. The second-order valence-electron chi connectivity index (χ2n) is 14.8. The van der Waals surface area contributed by atoms with Gasteiger partial charge in [-0.25, -0.2) is 0 Å². The van der Waals surface area contributed by atoms with Crippen LogP contribution in [0, 0.1) is 0 Å². The molecule has 1 unspecified atom stereocenters. The normalized spacial score (nSPS) is 13.4. The number of ether oxygens (including phenoxy) is 3. The van der Waals surface area contributed by atoms with Crippen molar-refractivity contribution in [2.75, 3.05) is 13.2 Å². The van der Waals surface area contributed by atoms with Crippen molar-refractivity contribution in [3.63, 3.8) is 0 Å². The molecule has 6 nitrogen and oxygen atoms in total. The summed E-state index contributed by atoms with van der Waals surface area (Å²) in [6.45, 7) is 6.11. The van der Waals surface area contributed by atoms with Crippen LogP contribution in [-0.4, -0.2) is 37.2 Å². The van der Waals surface area contributed by atoms with Gasteiger partial charge in [-0.05, 0) is 77.0 Å². The van der Waals surface area contributed by atoms with Crippen LogP contribution in [-0.2, 0) is 28.6 Å². The first-order valence-electron chi connectivity index (χ1n) is 23.5. The Morgan fingerprint density at radius 3 is 0.934 bits per heavy atom. The Balaban J connectivity index is 4.59. The predicted octanol–water partition coefficient (Wildman–Crippen LogP) is 15.3. The Bertz CT molecular complexity index is 1430. The number of hydrogen-bond donors (Lipinski definition) is 0. The summed E-state index contributed by atoms with van der Waals surface area (Å²) in [4.78, 5) is 37.9. The van der Waals surface area contributed by atoms with Crippen LogP contribution in [0.1, 0.15) is 162 Å². The van der Waals surface area contributed by atoms with Gasteiger partial charge in [-0.15, -0.1) is 0 Å². The van der Waals surface area contributed by atoms with Gasteiger partial charge in [-0.1, -0.05) is 212 Å². The summed E-state index contributed by atoms with van der Waals surface area (Å²) in [7, 11) is 0. The van der Waals surface area contributed by atoms with Crippen molar-refractivity contribution in [3.8, 4) is 0 Å². The van der Waals surface area contributed by atoms with E-state index in [1.165, 1.54) is 0 Å². The first-order valence-corrected chi connectivity index (χ1v) is 23.5. The van der Waals surface area contributed by atoms with Crippen molar-refractivity contribution in [1.82, 2.24) is 0 Å². The highest BCUT2D eigenvalue weighted by atomic mass is 16.6. The topological polar surface area (TPSA) is 78.9 Å². The first-order chi connectivity index (χ1) is 30.0. The lowest BCUT2D eigenvalue weighted by Crippen LogP contribution is -2.30. The Morgan fingerprint density at radius 1 is 0.328 bits per heavy atom. The largest absolute Gasteiger partial charge is 0.462 e. The quantitative estimate of drug-likeness (QED) is 0.0265. The minimum absolute atomic E-state index is 0.120. The maximum atomic E-state index is 12.8. The lowest BCUT2D eigenvalue weighted by atomic mass is 10.1. The summed E-state index contributed by atoms with van der Waals surface area (Å²) < 4.78 is 16.7. The Labute approximate surface area is 372 Å². The highest BCUT2D eigenvalue weighted by molar-refractivity contribution is 5.71. The lowest BCUT2D eigenvalue weighted by molar-refractivity contribution is -0.167. The molecule has 0 fully saturated rings. The van der Waals surface area contributed by atoms with E-state index in [0.717, 1.165) is 122 Å². The van der Waals surface area contributed by atoms with Gasteiger partial charge in [0.05, 0.1) is 0 Å². The number of hydrogen-bond acceptors (Lipinski definition) is 6. The molecule has 0 aliphatic rings. The van der Waals surface area contributed by atoms with Gasteiger partial charge >= 0.3 is 17.9 Å². The van der Waals surface area contributed by atoms with E-state index in [-0.39, 0.29) is 37.5 Å². The summed E-state index contributed by atoms with van der Waals surface area (Å²) in [6, 6.07) is 0. The van der Waals surface area contributed by atoms with Crippen molar-refractivity contribution >= 4 is 17.9 Å². The third-order valence-electron chi connectivity index (χ3n) is 9.10. The van der Waals surface area contributed by atoms with Crippen molar-refractivity contribution < 1.29 is 28.6 Å². The molecule has 0 heterocycles. The minimum Gasteiger partial charge on any atom is -0.462 e. The van der Waals surface area contributed by atoms with Crippen LogP contribution < -0.4 is 0 Å². The molecule has 338 valence electrons. The maximum Gasteiger partial charge on any atom is 0.306 e. The molecule has 0 aromatic carbocycles. The second-order valence-corrected chi connectivity index (χ2v) is 14.8. The molecule has 0 N–H and O–H groups in total. The molecule has 0 aromatic rings. The van der Waals surface area contributed by atoms with E-state index in [2.05, 4.69) is 87.6 Å². The first kappa shape index (κ1) is 56.3. The van der Waals surface area contributed by atoms with Crippen LogP contribution in [0.2, 0.25) is 0 Å². The molecule has 0 bridgehead atoms. The van der Waals surface area contributed by atoms with E-state index in [9.17, 15) is 14.4 Å². The van der Waals surface area contributed by atoms with Crippen molar-refractivity contribution in [3.05, 3.63) is 146 Å². The Kier molecular flexibility index (Phi) is 44.3. The van der Waals surface area contributed by atoms with Gasteiger partial charge in [-0.2, -0.15) is 0 Å². The fraction of sp³-hybridized carbons (Fsp3) is 0.509. The number of carbonyl (C=O) groups excluding carboxylic acids is 3. The molecule has 0 radical (unpaired) electrons. The van der Waals surface area contributed by atoms with Gasteiger partial charge in [0.15, 0.2) is 6.10 Å². The maximum absolute atomic E-state index is 12.8. The lowest BCUT2D eigenvalue weighted by Gasteiger charge is -2.18. The van der Waals surface area contributed by atoms with E-state index in [4.69, 9.17) is 14.2 Å². The van der Waals surface area contributed by atoms with E-state index in [1.807, 2.05) is 79.0 Å². The van der Waals surface area contributed by atoms with Crippen molar-refractivity contribution in [1.29, 1.82) is 0 Å². The van der Waals surface area contributed by atoms with Gasteiger partial charge in [0.2, 0.25) is 0 Å². The van der Waals surface area contributed by atoms with Gasteiger partial charge in [0.25, 0.3) is 0 Å². The van der Waals surface area contributed by atoms with Gasteiger partial charge in [0.1, 0.15) is 13.2 Å². The molecule has 6 heteroatoms. The number of esters is 3. The van der Waals surface area contributed by atoms with Crippen LogP contribution in [0.3, 0.4) is 0 Å². The summed E-state index contributed by atoms with van der Waals surface area (Å²) in [5.74, 6) is -1.02. The van der Waals surface area contributed by atoms with Gasteiger partial charge in [0, 0.05) is 19.3 Å². The highest BCUT2D eigenvalue weighted by Gasteiger charge is 2.19. The number of rotatable bonds is 39. The molecule has 0 aliphatic heterocycles. The highest BCUT2D eigenvalue weighted by Crippen LogP contribution is 2.12. The molecule has 0 saturated heterocycles. The monoisotopic (exact) mass is 839 g/mol. The summed E-state index contributed by atoms with van der Waals surface area (Å²) in [5, 5.41) is 0. The predicted molar refractivity (Wildman–Crippen MR) is 260 cm³/mol. The smallest absolute Gasteiger partial charge is 0.306 e. The molecule has 0 amide bonds. The average molecular weight is 839 g/mol. The third-order valence-corrected chi connectivity index (χ3v) is 9.10. The van der Waals surface area contributed by atoms with Crippen LogP contribution in [0.5, 0.6) is 0 Å². The number of carbonyl (C=O) groups is 3. The third kappa shape index (κ3) is 46.2. The van der Waals surface area contributed by atoms with Crippen molar-refractivity contribution in [2.24, 2.45) is 0 Å². The standard InChI is InChI=1S/C55H82O6/c1-4-7-10-13-16-19-22-25-27-30-33-36-39-42-45-48-54(57)60-51-52(50-59-53(56)47-44-41-38-35-32-29-24-21-18-15-12-9-6-3)61-55(58)49-46-43-40-37-34-31-28-26-23-20-17-14-11-8-5-2/h7-28,30,33,52H,4-6,29,31-32,34-51H2,1-3H3/b10-7+,11-8+,12-9+,16-13+,17-14+,18-15+,22-19+,23-20+,24-21+,27-25+,28-26+,33-30+. The number of unbranched alkanes of at least 4 members (excludes halogenated alkanes) is 13. The van der Waals surface area contributed by atoms with Crippen LogP contribution in [0.25, 0.3) is 0 Å². The zero-order chi connectivity index (χ0) is 44.4. The molecule has 0 spiro atoms. The van der Waals surface area contributed by atoms with E-state index in [1.54, 1.807) is 0 Å². The minimum atomic E-state index is -0.822. The number of allylic oxidation sites excluding steroid dienone is 24. The van der Waals surface area contributed by atoms with Crippen LogP contribution in [0.15, 0.2) is 146 Å². The fourth-order valence-electron chi connectivity index (χ4n) is 5.65. The van der Waals surface area contributed by atoms with E-state index in [0.29, 0.717) is 12.8 Å². The van der Waals surface area contributed by atoms with Crippen molar-refractivity contribution in [2.45, 2.75) is 168 Å². The van der Waals surface area contributed by atoms with Crippen LogP contribution in [0.4, 0.5) is 0 Å². The van der Waals surface area contributed by atoms with E-state index >= 15 is 0 Å². The molecule has 0 rings (SSSR count). The van der Waals surface area contributed by atoms with Gasteiger partial charge < -0.3 is 14.2 Å². The molecular formula is C55H82O6. The molecule has 0 aliphatic carbocycles. The Hall–Kier alpha value is -4.71. The van der Waals surface area contributed by atoms with E-state index < -0.39 is 6.10 Å². The zero-order valence-electron chi connectivity index (χ0n) is 38.4. The summed E-state index contributed by atoms with van der Waals surface area (Å²) >= 11 is 0. The summed E-state index contributed by atoms with van der Waals surface area (Å²) in [5.41, 5.74) is 0. The zero-order valence-corrected chi connectivity index (χ0v) is 38.4. The van der Waals surface area contributed by atoms with Gasteiger partial charge in [-0.3, -0.25) is 14.4 Å². The second kappa shape index (κ2) is 48.0. The molecule has 0 aromatic heterocycles. The SMILES string of the molecule is CC/C=C/C=C/C=C/C=C/C=C/CCCCCC(=O)OCC(COC(=O)CCCCCCC/C=C/C=C/C=C/CC)OC(=O)CCCCCCC/C=C/C=C/C=C/C=C/CC. The average Bonchev–Trinajstić information content (AvgIpc) is 3.26. The molecule has 1 atom stereocenters. The van der Waals surface area contributed by atoms with Crippen LogP contribution >= 0.6 is 0 Å². The molecular weight excluding hydrogens is 757 g/mol. The molecule has 61 heavy (non-hydrogen) atoms. The molecule has 0 saturated carbocycles. The Morgan fingerprint density at radius 2 is 0.590 bits per heavy atom. The fourth-order valence-corrected chi connectivity index (χ4v) is 5.65.